The van der Waals surface area contributed by atoms with Crippen LogP contribution in [-0.2, 0) is 4.74 Å². The lowest BCUT2D eigenvalue weighted by Crippen LogP contribution is -2.31. The standard InChI is InChI=1S/C10H18N2O4/c1-9(2,3)6-10(4,5)16-8(15)12-11-7(13)14/h6H2,1-5H3,(H,13,14). The van der Waals surface area contributed by atoms with Gasteiger partial charge >= 0.3 is 12.2 Å². The molecule has 0 aromatic carbocycles. The molecule has 0 atom stereocenters. The number of carboxylic acid groups (broad SMARTS) is 1. The Bertz CT molecular complexity index is 302. The lowest BCUT2D eigenvalue weighted by Gasteiger charge is -2.31. The maximum atomic E-state index is 11.1. The van der Waals surface area contributed by atoms with Gasteiger partial charge in [0.2, 0.25) is 0 Å². The average molecular weight is 230 g/mol. The van der Waals surface area contributed by atoms with Crippen molar-refractivity contribution >= 4 is 12.2 Å². The fourth-order valence-electron chi connectivity index (χ4n) is 1.65. The molecule has 0 aliphatic heterocycles. The van der Waals surface area contributed by atoms with Gasteiger partial charge < -0.3 is 9.84 Å². The van der Waals surface area contributed by atoms with Crippen LogP contribution in [0.4, 0.5) is 9.59 Å². The van der Waals surface area contributed by atoms with E-state index in [0.29, 0.717) is 6.42 Å². The van der Waals surface area contributed by atoms with Gasteiger partial charge in [-0.25, -0.2) is 9.59 Å². The van der Waals surface area contributed by atoms with Crippen LogP contribution in [0.1, 0.15) is 41.0 Å². The first-order chi connectivity index (χ1) is 7.02. The molecule has 0 saturated heterocycles. The molecule has 0 spiro atoms. The average Bonchev–Trinajstić information content (AvgIpc) is 1.94. The van der Waals surface area contributed by atoms with Crippen molar-refractivity contribution in [2.45, 2.75) is 46.6 Å². The molecule has 0 heterocycles. The van der Waals surface area contributed by atoms with Crippen LogP contribution in [0.3, 0.4) is 0 Å². The molecular formula is C10H18N2O4. The van der Waals surface area contributed by atoms with Crippen LogP contribution >= 0.6 is 0 Å². The predicted molar refractivity (Wildman–Crippen MR) is 57.5 cm³/mol. The van der Waals surface area contributed by atoms with Gasteiger partial charge in [-0.15, -0.1) is 0 Å². The Morgan fingerprint density at radius 3 is 2.00 bits per heavy atom. The van der Waals surface area contributed by atoms with E-state index in [-0.39, 0.29) is 5.41 Å². The van der Waals surface area contributed by atoms with E-state index in [0.717, 1.165) is 0 Å². The van der Waals surface area contributed by atoms with Gasteiger partial charge in [0.25, 0.3) is 0 Å². The molecule has 0 aromatic rings. The molecule has 6 nitrogen and oxygen atoms in total. The first kappa shape index (κ1) is 14.5. The van der Waals surface area contributed by atoms with Crippen molar-refractivity contribution in [1.29, 1.82) is 0 Å². The molecule has 92 valence electrons. The first-order valence-electron chi connectivity index (χ1n) is 4.89. The van der Waals surface area contributed by atoms with Gasteiger partial charge in [0, 0.05) is 0 Å². The smallest absolute Gasteiger partial charge is 0.453 e. The van der Waals surface area contributed by atoms with Gasteiger partial charge in [0.15, 0.2) is 0 Å². The summed E-state index contributed by atoms with van der Waals surface area (Å²) >= 11 is 0. The van der Waals surface area contributed by atoms with Gasteiger partial charge in [-0.1, -0.05) is 31.0 Å². The number of azo groups is 1. The molecule has 0 aliphatic rings. The van der Waals surface area contributed by atoms with E-state index < -0.39 is 17.8 Å². The van der Waals surface area contributed by atoms with E-state index in [4.69, 9.17) is 9.84 Å². The highest BCUT2D eigenvalue weighted by Crippen LogP contribution is 2.29. The Balaban J connectivity index is 4.37. The van der Waals surface area contributed by atoms with E-state index >= 15 is 0 Å². The van der Waals surface area contributed by atoms with Crippen LogP contribution in [0.2, 0.25) is 0 Å². The molecule has 6 heteroatoms. The van der Waals surface area contributed by atoms with E-state index in [1.165, 1.54) is 0 Å². The molecule has 0 saturated carbocycles. The number of hydrogen-bond acceptors (Lipinski definition) is 3. The third-order valence-corrected chi connectivity index (χ3v) is 1.54. The third kappa shape index (κ3) is 7.90. The summed E-state index contributed by atoms with van der Waals surface area (Å²) in [4.78, 5) is 21.1. The van der Waals surface area contributed by atoms with Crippen molar-refractivity contribution in [3.05, 3.63) is 0 Å². The fourth-order valence-corrected chi connectivity index (χ4v) is 1.65. The lowest BCUT2D eigenvalue weighted by atomic mass is 9.84. The molecule has 0 unspecified atom stereocenters. The summed E-state index contributed by atoms with van der Waals surface area (Å²) in [6.45, 7) is 9.53. The second-order valence-electron chi connectivity index (χ2n) is 5.35. The summed E-state index contributed by atoms with van der Waals surface area (Å²) in [7, 11) is 0. The van der Waals surface area contributed by atoms with Crippen molar-refractivity contribution in [2.24, 2.45) is 15.6 Å². The van der Waals surface area contributed by atoms with Crippen LogP contribution in [-0.4, -0.2) is 22.9 Å². The molecule has 1 N–H and O–H groups in total. The molecule has 16 heavy (non-hydrogen) atoms. The van der Waals surface area contributed by atoms with Crippen LogP contribution < -0.4 is 0 Å². The van der Waals surface area contributed by atoms with Gasteiger partial charge in [0.1, 0.15) is 5.60 Å². The van der Waals surface area contributed by atoms with Crippen molar-refractivity contribution in [2.75, 3.05) is 0 Å². The summed E-state index contributed by atoms with van der Waals surface area (Å²) in [5, 5.41) is 13.8. The summed E-state index contributed by atoms with van der Waals surface area (Å²) in [6.07, 6.45) is -1.88. The second kappa shape index (κ2) is 5.05. The summed E-state index contributed by atoms with van der Waals surface area (Å²) in [6, 6.07) is 0. The summed E-state index contributed by atoms with van der Waals surface area (Å²) in [5.41, 5.74) is -0.708. The zero-order chi connectivity index (χ0) is 13.0. The SMILES string of the molecule is CC(C)(C)CC(C)(C)OC(=O)N=NC(=O)O. The Hall–Kier alpha value is -1.46. The van der Waals surface area contributed by atoms with Crippen molar-refractivity contribution in [3.8, 4) is 0 Å². The molecule has 0 aromatic heterocycles. The van der Waals surface area contributed by atoms with Crippen molar-refractivity contribution in [1.82, 2.24) is 0 Å². The van der Waals surface area contributed by atoms with Gasteiger partial charge in [-0.3, -0.25) is 0 Å². The minimum absolute atomic E-state index is 0.00623. The van der Waals surface area contributed by atoms with Crippen LogP contribution in [0.15, 0.2) is 10.2 Å². The largest absolute Gasteiger partial charge is 0.462 e. The number of carbonyl (C=O) groups is 2. The molecular weight excluding hydrogens is 212 g/mol. The molecule has 0 bridgehead atoms. The highest BCUT2D eigenvalue weighted by Gasteiger charge is 2.29. The van der Waals surface area contributed by atoms with Crippen molar-refractivity contribution in [3.63, 3.8) is 0 Å². The zero-order valence-electron chi connectivity index (χ0n) is 10.3. The predicted octanol–water partition coefficient (Wildman–Crippen LogP) is 3.47. The molecule has 0 radical (unpaired) electrons. The topological polar surface area (TPSA) is 88.3 Å². The van der Waals surface area contributed by atoms with Crippen molar-refractivity contribution < 1.29 is 19.4 Å². The van der Waals surface area contributed by atoms with Gasteiger partial charge in [-0.05, 0) is 25.7 Å². The van der Waals surface area contributed by atoms with E-state index in [9.17, 15) is 9.59 Å². The van der Waals surface area contributed by atoms with Crippen LogP contribution in [0.5, 0.6) is 0 Å². The highest BCUT2D eigenvalue weighted by atomic mass is 16.6. The monoisotopic (exact) mass is 230 g/mol. The Morgan fingerprint density at radius 2 is 1.62 bits per heavy atom. The van der Waals surface area contributed by atoms with Gasteiger partial charge in [0.05, 0.1) is 0 Å². The number of carbonyl (C=O) groups excluding carboxylic acids is 1. The molecule has 0 rings (SSSR count). The minimum Gasteiger partial charge on any atom is -0.462 e. The molecule has 0 fully saturated rings. The first-order valence-corrected chi connectivity index (χ1v) is 4.89. The van der Waals surface area contributed by atoms with Crippen LogP contribution in [0, 0.1) is 5.41 Å². The van der Waals surface area contributed by atoms with E-state index in [1.54, 1.807) is 13.8 Å². The fraction of sp³-hybridized carbons (Fsp3) is 0.800. The number of nitrogens with zero attached hydrogens (tertiary/aromatic N) is 2. The Labute approximate surface area is 94.7 Å². The number of hydrogen-bond donors (Lipinski definition) is 1. The van der Waals surface area contributed by atoms with Crippen LogP contribution in [0.25, 0.3) is 0 Å². The second-order valence-corrected chi connectivity index (χ2v) is 5.35. The normalized spacial score (nSPS) is 12.8. The molecule has 2 amide bonds. The minimum atomic E-state index is -1.52. The summed E-state index contributed by atoms with van der Waals surface area (Å²) < 4.78 is 5.00. The molecule has 0 aliphatic carbocycles. The van der Waals surface area contributed by atoms with E-state index in [1.807, 2.05) is 20.8 Å². The Morgan fingerprint density at radius 1 is 1.12 bits per heavy atom. The highest BCUT2D eigenvalue weighted by molar-refractivity contribution is 5.72. The van der Waals surface area contributed by atoms with Gasteiger partial charge in [-0.2, -0.15) is 0 Å². The summed E-state index contributed by atoms with van der Waals surface area (Å²) in [5.74, 6) is 0. The zero-order valence-corrected chi connectivity index (χ0v) is 10.3. The number of amides is 2. The Kier molecular flexibility index (Phi) is 4.59. The number of rotatable bonds is 2. The third-order valence-electron chi connectivity index (χ3n) is 1.54. The number of ether oxygens (including phenoxy) is 1. The van der Waals surface area contributed by atoms with E-state index in [2.05, 4.69) is 10.2 Å². The maximum absolute atomic E-state index is 11.1. The quantitative estimate of drug-likeness (QED) is 0.735. The maximum Gasteiger partial charge on any atom is 0.453 e. The lowest BCUT2D eigenvalue weighted by molar-refractivity contribution is 0.0147.